The predicted molar refractivity (Wildman–Crippen MR) is 212 cm³/mol. The fourth-order valence-corrected chi connectivity index (χ4v) is 7.91. The molecule has 5 heterocycles. The van der Waals surface area contributed by atoms with Crippen molar-refractivity contribution in [3.63, 3.8) is 0 Å². The first-order chi connectivity index (χ1) is 28.0. The molecule has 3 aromatic rings. The summed E-state index contributed by atoms with van der Waals surface area (Å²) in [5.74, 6) is -2.97. The van der Waals surface area contributed by atoms with Crippen LogP contribution in [0.25, 0.3) is 0 Å². The van der Waals surface area contributed by atoms with Crippen LogP contribution in [0.1, 0.15) is 87.6 Å². The second kappa shape index (κ2) is 16.5. The van der Waals surface area contributed by atoms with Crippen LogP contribution in [0.3, 0.4) is 0 Å². The lowest BCUT2D eigenvalue weighted by Gasteiger charge is -2.38. The second-order valence-electron chi connectivity index (χ2n) is 15.8. The van der Waals surface area contributed by atoms with Crippen LogP contribution in [0.4, 0.5) is 30.2 Å². The van der Waals surface area contributed by atoms with Crippen LogP contribution in [-0.2, 0) is 21.4 Å². The number of nitrogens with two attached hydrogens (primary N) is 1. The molecule has 4 aliphatic rings. The van der Waals surface area contributed by atoms with Gasteiger partial charge in [-0.2, -0.15) is 13.2 Å². The summed E-state index contributed by atoms with van der Waals surface area (Å²) in [4.78, 5) is 79.6. The quantitative estimate of drug-likeness (QED) is 0.133. The topological polar surface area (TPSA) is 194 Å². The number of aromatic nitrogens is 1. The molecular formula is C41H46F3N9O6. The molecule has 1 aromatic heterocycles. The monoisotopic (exact) mass is 817 g/mol. The highest BCUT2D eigenvalue weighted by Gasteiger charge is 2.45. The number of nitrogen functional groups attached to an aromatic ring is 1. The van der Waals surface area contributed by atoms with Crippen LogP contribution in [-0.4, -0.2) is 125 Å². The van der Waals surface area contributed by atoms with E-state index >= 15 is 0 Å². The van der Waals surface area contributed by atoms with Gasteiger partial charge in [-0.3, -0.25) is 44.1 Å². The molecule has 7 rings (SSSR count). The number of piperidine rings is 2. The Balaban J connectivity index is 0.891. The van der Waals surface area contributed by atoms with Crippen molar-refractivity contribution < 1.29 is 42.3 Å². The van der Waals surface area contributed by atoms with Gasteiger partial charge >= 0.3 is 6.18 Å². The fraction of sp³-hybridized carbons (Fsp3) is 0.439. The Morgan fingerprint density at radius 1 is 0.932 bits per heavy atom. The Morgan fingerprint density at radius 2 is 1.61 bits per heavy atom. The molecular weight excluding hydrogens is 772 g/mol. The van der Waals surface area contributed by atoms with Crippen LogP contribution in [0.5, 0.6) is 0 Å². The van der Waals surface area contributed by atoms with Crippen molar-refractivity contribution in [3.05, 3.63) is 82.2 Å². The number of nitrogens with one attached hydrogen (secondary N) is 2. The number of aliphatic hydroxyl groups is 1. The van der Waals surface area contributed by atoms with Crippen LogP contribution in [0, 0.1) is 0 Å². The predicted octanol–water partition coefficient (Wildman–Crippen LogP) is 3.27. The second-order valence-corrected chi connectivity index (χ2v) is 15.8. The van der Waals surface area contributed by atoms with Gasteiger partial charge in [0.05, 0.1) is 22.8 Å². The molecule has 4 aliphatic heterocycles. The van der Waals surface area contributed by atoms with Gasteiger partial charge in [-0.1, -0.05) is 6.07 Å². The summed E-state index contributed by atoms with van der Waals surface area (Å²) in [5.41, 5.74) is 5.88. The molecule has 2 aromatic carbocycles. The van der Waals surface area contributed by atoms with E-state index in [1.54, 1.807) is 24.4 Å². The van der Waals surface area contributed by atoms with Crippen LogP contribution < -0.4 is 21.3 Å². The van der Waals surface area contributed by atoms with Gasteiger partial charge in [0.1, 0.15) is 17.4 Å². The van der Waals surface area contributed by atoms with Crippen LogP contribution in [0.2, 0.25) is 0 Å². The van der Waals surface area contributed by atoms with Gasteiger partial charge in [0.25, 0.3) is 17.7 Å². The molecule has 3 saturated heterocycles. The molecule has 0 bridgehead atoms. The van der Waals surface area contributed by atoms with Gasteiger partial charge in [-0.05, 0) is 75.6 Å². The third-order valence-electron chi connectivity index (χ3n) is 11.3. The molecule has 1 unspecified atom stereocenters. The number of halogens is 3. The van der Waals surface area contributed by atoms with E-state index in [2.05, 4.69) is 30.3 Å². The average molecular weight is 818 g/mol. The Kier molecular flexibility index (Phi) is 11.6. The third-order valence-corrected chi connectivity index (χ3v) is 11.3. The molecule has 3 fully saturated rings. The number of amides is 5. The summed E-state index contributed by atoms with van der Waals surface area (Å²) in [5, 5.41) is 15.6. The number of carbonyl (C=O) groups is 5. The molecule has 0 saturated carbocycles. The van der Waals surface area contributed by atoms with E-state index < -0.39 is 58.7 Å². The number of likely N-dealkylation sites (tertiary alicyclic amines) is 1. The number of imide groups is 2. The highest BCUT2D eigenvalue weighted by Crippen LogP contribution is 2.34. The summed E-state index contributed by atoms with van der Waals surface area (Å²) in [6, 6.07) is 10.4. The number of piperazine rings is 1. The molecule has 0 aliphatic carbocycles. The number of benzene rings is 2. The maximum Gasteiger partial charge on any atom is 0.433 e. The Labute approximate surface area is 338 Å². The van der Waals surface area contributed by atoms with Crippen molar-refractivity contribution in [2.75, 3.05) is 68.3 Å². The number of nitrogens with zero attached hydrogens (tertiary/aromatic N) is 6. The smallest absolute Gasteiger partial charge is 0.398 e. The first-order valence-corrected chi connectivity index (χ1v) is 19.6. The average Bonchev–Trinajstić information content (AvgIpc) is 3.44. The summed E-state index contributed by atoms with van der Waals surface area (Å²) >= 11 is 0. The van der Waals surface area contributed by atoms with E-state index in [0.29, 0.717) is 11.3 Å². The van der Waals surface area contributed by atoms with Gasteiger partial charge in [0.15, 0.2) is 0 Å². The number of anilines is 3. The molecule has 59 heavy (non-hydrogen) atoms. The van der Waals surface area contributed by atoms with E-state index in [4.69, 9.17) is 10.7 Å². The molecule has 18 heteroatoms. The zero-order valence-corrected chi connectivity index (χ0v) is 32.7. The van der Waals surface area contributed by atoms with Crippen molar-refractivity contribution in [1.82, 2.24) is 25.0 Å². The lowest BCUT2D eigenvalue weighted by molar-refractivity contribution is -0.141. The van der Waals surface area contributed by atoms with Crippen LogP contribution >= 0.6 is 0 Å². The molecule has 5 amide bonds. The standard InChI is InChI=1S/C41H46F3N9O6/c1-40(2,59)29-22-30(45)24(20-32(29)48-36(55)31-4-3-5-34(47-31)41(42,43)44)23-46-25-10-12-50(13-11-25)14-15-51-16-18-52(19-17-51)26-6-7-27-28(21-26)39(58)53(38(27)57)33-8-9-35(54)49-37(33)56/h3-7,20-23,25,33,59H,8-19,45H2,1-2H3,(H,48,55)(H,49,54,56). The highest BCUT2D eigenvalue weighted by molar-refractivity contribution is 6.23. The van der Waals surface area contributed by atoms with Gasteiger partial charge in [0, 0.05) is 93.2 Å². The maximum atomic E-state index is 13.3. The number of alkyl halides is 3. The van der Waals surface area contributed by atoms with E-state index in [1.807, 2.05) is 6.07 Å². The molecule has 1 atom stereocenters. The molecule has 15 nitrogen and oxygen atoms in total. The number of fused-ring (bicyclic) bond motifs is 1. The van der Waals surface area contributed by atoms with Crippen molar-refractivity contribution in [2.24, 2.45) is 4.99 Å². The minimum atomic E-state index is -4.72. The normalized spacial score (nSPS) is 20.1. The van der Waals surface area contributed by atoms with E-state index in [1.165, 1.54) is 26.0 Å². The molecule has 5 N–H and O–H groups in total. The minimum absolute atomic E-state index is 0.0288. The highest BCUT2D eigenvalue weighted by atomic mass is 19.4. The summed E-state index contributed by atoms with van der Waals surface area (Å²) in [6.07, 6.45) is -1.28. The Morgan fingerprint density at radius 3 is 2.27 bits per heavy atom. The van der Waals surface area contributed by atoms with Gasteiger partial charge < -0.3 is 26.0 Å². The van der Waals surface area contributed by atoms with E-state index in [0.717, 1.165) is 87.9 Å². The van der Waals surface area contributed by atoms with Gasteiger partial charge in [0.2, 0.25) is 11.8 Å². The number of aliphatic imine (C=N–C) groups is 1. The van der Waals surface area contributed by atoms with Gasteiger partial charge in [-0.15, -0.1) is 0 Å². The van der Waals surface area contributed by atoms with Crippen molar-refractivity contribution in [3.8, 4) is 0 Å². The first kappa shape index (κ1) is 41.4. The minimum Gasteiger partial charge on any atom is -0.398 e. The fourth-order valence-electron chi connectivity index (χ4n) is 7.91. The largest absolute Gasteiger partial charge is 0.433 e. The molecule has 312 valence electrons. The summed E-state index contributed by atoms with van der Waals surface area (Å²) in [7, 11) is 0. The zero-order valence-electron chi connectivity index (χ0n) is 32.7. The van der Waals surface area contributed by atoms with Crippen molar-refractivity contribution >= 4 is 52.8 Å². The lowest BCUT2D eigenvalue weighted by atomic mass is 9.94. The zero-order chi connectivity index (χ0) is 42.2. The first-order valence-electron chi connectivity index (χ1n) is 19.6. The molecule has 0 radical (unpaired) electrons. The van der Waals surface area contributed by atoms with Crippen LogP contribution in [0.15, 0.2) is 53.5 Å². The number of carbonyl (C=O) groups excluding carboxylic acids is 5. The lowest BCUT2D eigenvalue weighted by Crippen LogP contribution is -2.54. The van der Waals surface area contributed by atoms with E-state index in [9.17, 15) is 42.3 Å². The number of hydrogen-bond donors (Lipinski definition) is 4. The summed E-state index contributed by atoms with van der Waals surface area (Å²) < 4.78 is 39.7. The molecule has 0 spiro atoms. The summed E-state index contributed by atoms with van der Waals surface area (Å²) in [6.45, 7) is 9.59. The Bertz CT molecular complexity index is 2190. The number of rotatable bonds is 10. The number of hydrogen-bond acceptors (Lipinski definition) is 12. The number of pyridine rings is 1. The van der Waals surface area contributed by atoms with Crippen molar-refractivity contribution in [1.29, 1.82) is 0 Å². The third kappa shape index (κ3) is 9.14. The van der Waals surface area contributed by atoms with Crippen molar-refractivity contribution in [2.45, 2.75) is 63.4 Å². The SMILES string of the molecule is CC(C)(O)c1cc(N)c(C=NC2CCN(CCN3CCN(c4ccc5c(c4)C(=O)N(C4CCC(=O)NC4=O)C5=O)CC3)CC2)cc1NC(=O)c1cccc(C(F)(F)F)n1. The maximum absolute atomic E-state index is 13.3. The Hall–Kier alpha value is -5.72. The van der Waals surface area contributed by atoms with E-state index in [-0.39, 0.29) is 41.3 Å². The van der Waals surface area contributed by atoms with Gasteiger partial charge in [-0.25, -0.2) is 4.98 Å².